The summed E-state index contributed by atoms with van der Waals surface area (Å²) in [5.41, 5.74) is 1.35. The van der Waals surface area contributed by atoms with Crippen LogP contribution in [0.1, 0.15) is 40.8 Å². The number of carbonyl (C=O) groups excluding carboxylic acids is 1. The van der Waals surface area contributed by atoms with Gasteiger partial charge in [-0.05, 0) is 65.9 Å². The fourth-order valence-electron chi connectivity index (χ4n) is 4.09. The monoisotopic (exact) mass is 613 g/mol. The van der Waals surface area contributed by atoms with Gasteiger partial charge in [0, 0.05) is 24.2 Å². The molecule has 8 nitrogen and oxygen atoms in total. The van der Waals surface area contributed by atoms with Gasteiger partial charge in [-0.3, -0.25) is 9.52 Å². The van der Waals surface area contributed by atoms with Gasteiger partial charge in [-0.15, -0.1) is 0 Å². The van der Waals surface area contributed by atoms with Crippen molar-refractivity contribution in [2.75, 3.05) is 17.5 Å². The second-order valence-corrected chi connectivity index (χ2v) is 11.9. The first-order valence-electron chi connectivity index (χ1n) is 12.5. The second-order valence-electron chi connectivity index (χ2n) is 9.76. The Morgan fingerprint density at radius 2 is 1.76 bits per heavy atom. The maximum Gasteiger partial charge on any atom is 0.416 e. The van der Waals surface area contributed by atoms with Crippen molar-refractivity contribution in [3.8, 4) is 5.75 Å². The number of hydrogen-bond donors (Lipinski definition) is 5. The molecule has 0 saturated carbocycles. The molecule has 0 bridgehead atoms. The lowest BCUT2D eigenvalue weighted by molar-refractivity contribution is -0.137. The molecule has 5 N–H and O–H groups in total. The number of halogens is 4. The summed E-state index contributed by atoms with van der Waals surface area (Å²) >= 11 is 6.00. The highest BCUT2D eigenvalue weighted by molar-refractivity contribution is 7.92. The Hall–Kier alpha value is -3.32. The average Bonchev–Trinajstić information content (AvgIpc) is 2.87. The second kappa shape index (κ2) is 13.6. The first kappa shape index (κ1) is 32.2. The van der Waals surface area contributed by atoms with Crippen LogP contribution in [-0.2, 0) is 40.4 Å². The Balaban J connectivity index is 1.52. The number of aliphatic hydroxyl groups excluding tert-OH is 1. The van der Waals surface area contributed by atoms with Crippen LogP contribution in [0.2, 0.25) is 5.02 Å². The van der Waals surface area contributed by atoms with Crippen LogP contribution in [-0.4, -0.2) is 43.4 Å². The average molecular weight is 614 g/mol. The first-order valence-corrected chi connectivity index (χ1v) is 14.8. The van der Waals surface area contributed by atoms with E-state index in [1.54, 1.807) is 12.1 Å². The fourth-order valence-corrected chi connectivity index (χ4v) is 4.84. The van der Waals surface area contributed by atoms with Crippen LogP contribution in [0.3, 0.4) is 0 Å². The van der Waals surface area contributed by atoms with E-state index in [9.17, 15) is 36.6 Å². The highest BCUT2D eigenvalue weighted by Gasteiger charge is 2.30. The molecule has 0 fully saturated rings. The van der Waals surface area contributed by atoms with Crippen LogP contribution in [0.4, 0.5) is 18.9 Å². The lowest BCUT2D eigenvalue weighted by atomic mass is 10.0. The third-order valence-corrected chi connectivity index (χ3v) is 7.07. The van der Waals surface area contributed by atoms with Crippen LogP contribution < -0.4 is 15.4 Å². The largest absolute Gasteiger partial charge is 0.506 e. The van der Waals surface area contributed by atoms with Crippen molar-refractivity contribution in [1.29, 1.82) is 0 Å². The Morgan fingerprint density at radius 1 is 1.05 bits per heavy atom. The van der Waals surface area contributed by atoms with Crippen molar-refractivity contribution >= 4 is 33.2 Å². The number of anilines is 1. The number of hydrogen-bond acceptors (Lipinski definition) is 6. The summed E-state index contributed by atoms with van der Waals surface area (Å²) in [5, 5.41) is 26.4. The van der Waals surface area contributed by atoms with Crippen molar-refractivity contribution < 1.29 is 36.6 Å². The van der Waals surface area contributed by atoms with Crippen molar-refractivity contribution in [1.82, 2.24) is 10.6 Å². The Labute approximate surface area is 241 Å². The number of phenols is 1. The van der Waals surface area contributed by atoms with Gasteiger partial charge in [0.1, 0.15) is 5.75 Å². The molecule has 0 unspecified atom stereocenters. The molecule has 0 aliphatic heterocycles. The van der Waals surface area contributed by atoms with Crippen LogP contribution in [0.25, 0.3) is 0 Å². The number of aromatic hydroxyl groups is 1. The molecule has 13 heteroatoms. The number of alkyl halides is 3. The molecule has 0 aliphatic rings. The van der Waals surface area contributed by atoms with Gasteiger partial charge >= 0.3 is 6.18 Å². The Kier molecular flexibility index (Phi) is 10.6. The molecule has 0 heterocycles. The fraction of sp³-hybridized carbons (Fsp3) is 0.321. The first-order chi connectivity index (χ1) is 19.1. The number of carbonyl (C=O) groups is 1. The van der Waals surface area contributed by atoms with E-state index in [1.165, 1.54) is 18.2 Å². The minimum absolute atomic E-state index is 0.0235. The van der Waals surface area contributed by atoms with E-state index >= 15 is 0 Å². The van der Waals surface area contributed by atoms with Gasteiger partial charge in [-0.25, -0.2) is 8.42 Å². The normalized spacial score (nSPS) is 13.4. The van der Waals surface area contributed by atoms with Gasteiger partial charge in [0.2, 0.25) is 15.9 Å². The molecular weight excluding hydrogens is 583 g/mol. The number of benzene rings is 3. The molecule has 0 aromatic heterocycles. The number of amides is 1. The molecule has 0 aliphatic carbocycles. The number of phenolic OH excluding ortho intramolecular Hbond substituents is 1. The third-order valence-electron chi connectivity index (χ3n) is 6.11. The summed E-state index contributed by atoms with van der Waals surface area (Å²) in [7, 11) is -3.61. The van der Waals surface area contributed by atoms with E-state index < -0.39 is 27.9 Å². The van der Waals surface area contributed by atoms with E-state index in [1.807, 2.05) is 19.1 Å². The maximum absolute atomic E-state index is 13.0. The predicted octanol–water partition coefficient (Wildman–Crippen LogP) is 4.55. The smallest absolute Gasteiger partial charge is 0.416 e. The molecule has 3 aromatic rings. The standard InChI is InChI=1S/C28H31ClF3N3O5S/c1-17(33-16-26(37)20-6-9-25(36)24(14-20)35-41(2,39)40)10-18-4-3-5-19(11-18)12-27(38)34-15-21-13-22(28(30,31)32)7-8-23(21)29/h3-9,11,13-14,17,26,33,35-37H,10,12,15-16H2,1-2H3,(H,34,38)/t17-,26-/m1/s1. The summed E-state index contributed by atoms with van der Waals surface area (Å²) in [5.74, 6) is -0.635. The van der Waals surface area contributed by atoms with E-state index in [2.05, 4.69) is 15.4 Å². The van der Waals surface area contributed by atoms with Crippen LogP contribution in [0, 0.1) is 0 Å². The van der Waals surface area contributed by atoms with Crippen molar-refractivity contribution in [3.05, 3.63) is 93.5 Å². The van der Waals surface area contributed by atoms with Crippen LogP contribution in [0.5, 0.6) is 5.75 Å². The van der Waals surface area contributed by atoms with E-state index in [0.717, 1.165) is 35.6 Å². The van der Waals surface area contributed by atoms with Crippen LogP contribution in [0.15, 0.2) is 60.7 Å². The lowest BCUT2D eigenvalue weighted by Gasteiger charge is -2.19. The molecule has 0 radical (unpaired) electrons. The Morgan fingerprint density at radius 3 is 2.44 bits per heavy atom. The minimum atomic E-state index is -4.51. The van der Waals surface area contributed by atoms with E-state index in [0.29, 0.717) is 12.0 Å². The quantitative estimate of drug-likeness (QED) is 0.191. The third kappa shape index (κ3) is 10.2. The van der Waals surface area contributed by atoms with Gasteiger partial charge in [0.25, 0.3) is 0 Å². The summed E-state index contributed by atoms with van der Waals surface area (Å²) in [4.78, 5) is 12.5. The molecular formula is C28H31ClF3N3O5S. The summed E-state index contributed by atoms with van der Waals surface area (Å²) in [6.45, 7) is 1.93. The molecule has 0 saturated heterocycles. The van der Waals surface area contributed by atoms with Gasteiger partial charge in [-0.1, -0.05) is 41.9 Å². The van der Waals surface area contributed by atoms with Gasteiger partial charge in [-0.2, -0.15) is 13.2 Å². The Bertz CT molecular complexity index is 1490. The molecule has 0 spiro atoms. The minimum Gasteiger partial charge on any atom is -0.506 e. The van der Waals surface area contributed by atoms with E-state index in [4.69, 9.17) is 11.6 Å². The van der Waals surface area contributed by atoms with Gasteiger partial charge < -0.3 is 20.8 Å². The molecule has 3 rings (SSSR count). The summed E-state index contributed by atoms with van der Waals surface area (Å²) in [6, 6.07) is 14.4. The van der Waals surface area contributed by atoms with Crippen LogP contribution >= 0.6 is 11.6 Å². The van der Waals surface area contributed by atoms with Gasteiger partial charge in [0.05, 0.1) is 30.0 Å². The zero-order valence-corrected chi connectivity index (χ0v) is 23.9. The number of nitrogens with one attached hydrogen (secondary N) is 3. The molecule has 3 aromatic carbocycles. The zero-order chi connectivity index (χ0) is 30.4. The molecule has 41 heavy (non-hydrogen) atoms. The highest BCUT2D eigenvalue weighted by atomic mass is 35.5. The predicted molar refractivity (Wildman–Crippen MR) is 151 cm³/mol. The van der Waals surface area contributed by atoms with E-state index in [-0.39, 0.29) is 53.5 Å². The van der Waals surface area contributed by atoms with Crippen molar-refractivity contribution in [2.45, 2.75) is 44.6 Å². The number of rotatable bonds is 12. The summed E-state index contributed by atoms with van der Waals surface area (Å²) in [6.07, 6.45) is -3.94. The maximum atomic E-state index is 13.0. The molecule has 2 atom stereocenters. The van der Waals surface area contributed by atoms with Crippen molar-refractivity contribution in [2.24, 2.45) is 0 Å². The number of aliphatic hydroxyl groups is 1. The number of sulfonamides is 1. The van der Waals surface area contributed by atoms with Crippen molar-refractivity contribution in [3.63, 3.8) is 0 Å². The zero-order valence-electron chi connectivity index (χ0n) is 22.3. The SMILES string of the molecule is C[C@H](Cc1cccc(CC(=O)NCc2cc(C(F)(F)F)ccc2Cl)c1)NC[C@@H](O)c1ccc(O)c(NS(C)(=O)=O)c1. The molecule has 222 valence electrons. The topological polar surface area (TPSA) is 128 Å². The lowest BCUT2D eigenvalue weighted by Crippen LogP contribution is -2.32. The highest BCUT2D eigenvalue weighted by Crippen LogP contribution is 2.32. The summed E-state index contributed by atoms with van der Waals surface area (Å²) < 4.78 is 64.1. The van der Waals surface area contributed by atoms with Gasteiger partial charge in [0.15, 0.2) is 0 Å². The molecule has 1 amide bonds.